The Hall–Kier alpha value is -3.53. The number of halogens is 2. The molecule has 36 heavy (non-hydrogen) atoms. The molecule has 0 bridgehead atoms. The summed E-state index contributed by atoms with van der Waals surface area (Å²) in [6.45, 7) is -0.538. The maximum Gasteiger partial charge on any atom is 0.338 e. The highest BCUT2D eigenvalue weighted by molar-refractivity contribution is 8.00. The molecule has 3 aromatic carbocycles. The van der Waals surface area contributed by atoms with Gasteiger partial charge in [0, 0.05) is 22.0 Å². The highest BCUT2D eigenvalue weighted by Gasteiger charge is 2.40. The molecule has 11 heteroatoms. The van der Waals surface area contributed by atoms with Crippen LogP contribution in [0.25, 0.3) is 0 Å². The number of anilines is 3. The number of amides is 3. The minimum atomic E-state index is -0.744. The standard InChI is InChI=1S/C25H19Cl2N3O5S/c26-15-7-10-19(17(27)11-15)29-22(31)13-35-25(34)14-5-8-16(9-6-14)30-23(32)12-21(24(30)33)36-20-4-2-1-3-18(20)28/h1-11,21H,12-13,28H2,(H,29,31)/t21-/m1/s1. The van der Waals surface area contributed by atoms with Crippen LogP contribution in [0.15, 0.2) is 71.6 Å². The van der Waals surface area contributed by atoms with Gasteiger partial charge < -0.3 is 15.8 Å². The van der Waals surface area contributed by atoms with E-state index in [-0.39, 0.29) is 28.8 Å². The van der Waals surface area contributed by atoms with Crippen LogP contribution in [-0.2, 0) is 19.1 Å². The summed E-state index contributed by atoms with van der Waals surface area (Å²) in [6.07, 6.45) is 0.0361. The van der Waals surface area contributed by atoms with Crippen LogP contribution in [0.1, 0.15) is 16.8 Å². The summed E-state index contributed by atoms with van der Waals surface area (Å²) in [4.78, 5) is 51.7. The molecule has 0 radical (unpaired) electrons. The van der Waals surface area contributed by atoms with E-state index in [9.17, 15) is 19.2 Å². The monoisotopic (exact) mass is 543 g/mol. The topological polar surface area (TPSA) is 119 Å². The molecule has 0 aromatic heterocycles. The summed E-state index contributed by atoms with van der Waals surface area (Å²) in [5, 5.41) is 2.59. The molecule has 3 aromatic rings. The Morgan fingerprint density at radius 1 is 1.06 bits per heavy atom. The van der Waals surface area contributed by atoms with Crippen molar-refractivity contribution in [2.24, 2.45) is 0 Å². The molecule has 3 amide bonds. The minimum absolute atomic E-state index is 0.0361. The van der Waals surface area contributed by atoms with Gasteiger partial charge in [-0.15, -0.1) is 11.8 Å². The molecule has 0 aliphatic carbocycles. The van der Waals surface area contributed by atoms with E-state index in [1.165, 1.54) is 48.2 Å². The first-order chi connectivity index (χ1) is 17.2. The van der Waals surface area contributed by atoms with Crippen LogP contribution in [0.5, 0.6) is 0 Å². The van der Waals surface area contributed by atoms with Crippen molar-refractivity contribution in [1.29, 1.82) is 0 Å². The van der Waals surface area contributed by atoms with E-state index >= 15 is 0 Å². The lowest BCUT2D eigenvalue weighted by molar-refractivity contribution is -0.121. The molecule has 3 N–H and O–H groups in total. The summed E-state index contributed by atoms with van der Waals surface area (Å²) < 4.78 is 5.05. The average Bonchev–Trinajstić information content (AvgIpc) is 3.13. The van der Waals surface area contributed by atoms with Crippen molar-refractivity contribution < 1.29 is 23.9 Å². The Morgan fingerprint density at radius 3 is 2.47 bits per heavy atom. The van der Waals surface area contributed by atoms with Crippen molar-refractivity contribution >= 4 is 75.7 Å². The molecule has 0 unspecified atom stereocenters. The molecule has 1 fully saturated rings. The number of esters is 1. The van der Waals surface area contributed by atoms with Crippen LogP contribution in [0.3, 0.4) is 0 Å². The number of thioether (sulfide) groups is 1. The summed E-state index contributed by atoms with van der Waals surface area (Å²) in [5.41, 5.74) is 7.31. The van der Waals surface area contributed by atoms with Gasteiger partial charge in [-0.1, -0.05) is 35.3 Å². The molecule has 1 aliphatic heterocycles. The number of hydrogen-bond acceptors (Lipinski definition) is 7. The molecular weight excluding hydrogens is 525 g/mol. The van der Waals surface area contributed by atoms with E-state index in [2.05, 4.69) is 5.32 Å². The maximum atomic E-state index is 12.9. The van der Waals surface area contributed by atoms with Gasteiger partial charge in [-0.05, 0) is 54.6 Å². The largest absolute Gasteiger partial charge is 0.452 e. The molecule has 8 nitrogen and oxygen atoms in total. The number of nitrogens with two attached hydrogens (primary N) is 1. The van der Waals surface area contributed by atoms with E-state index in [1.807, 2.05) is 6.07 Å². The lowest BCUT2D eigenvalue weighted by Crippen LogP contribution is -2.31. The quantitative estimate of drug-likeness (QED) is 0.249. The second-order valence-corrected chi connectivity index (χ2v) is 9.80. The van der Waals surface area contributed by atoms with E-state index in [1.54, 1.807) is 24.3 Å². The number of rotatable bonds is 7. The predicted molar refractivity (Wildman–Crippen MR) is 139 cm³/mol. The number of carbonyl (C=O) groups excluding carboxylic acids is 4. The Balaban J connectivity index is 1.35. The zero-order valence-electron chi connectivity index (χ0n) is 18.6. The zero-order chi connectivity index (χ0) is 25.8. The van der Waals surface area contributed by atoms with Gasteiger partial charge in [0.1, 0.15) is 0 Å². The van der Waals surface area contributed by atoms with Gasteiger partial charge in [-0.3, -0.25) is 14.4 Å². The van der Waals surface area contributed by atoms with E-state index < -0.39 is 23.7 Å². The average molecular weight is 544 g/mol. The van der Waals surface area contributed by atoms with E-state index in [0.29, 0.717) is 22.1 Å². The highest BCUT2D eigenvalue weighted by Crippen LogP contribution is 2.36. The van der Waals surface area contributed by atoms with Gasteiger partial charge in [0.15, 0.2) is 6.61 Å². The first kappa shape index (κ1) is 25.6. The van der Waals surface area contributed by atoms with Crippen molar-refractivity contribution in [3.63, 3.8) is 0 Å². The third kappa shape index (κ3) is 5.81. The third-order valence-electron chi connectivity index (χ3n) is 5.19. The molecule has 1 saturated heterocycles. The fraction of sp³-hybridized carbons (Fsp3) is 0.120. The first-order valence-electron chi connectivity index (χ1n) is 10.6. The zero-order valence-corrected chi connectivity index (χ0v) is 20.9. The molecule has 1 atom stereocenters. The lowest BCUT2D eigenvalue weighted by atomic mass is 10.2. The summed E-state index contributed by atoms with van der Waals surface area (Å²) in [5.74, 6) is -2.04. The smallest absolute Gasteiger partial charge is 0.338 e. The number of para-hydroxylation sites is 1. The van der Waals surface area contributed by atoms with Gasteiger partial charge in [0.25, 0.3) is 5.91 Å². The van der Waals surface area contributed by atoms with Crippen LogP contribution < -0.4 is 16.0 Å². The van der Waals surface area contributed by atoms with Gasteiger partial charge in [0.2, 0.25) is 11.8 Å². The molecule has 184 valence electrons. The third-order valence-corrected chi connectivity index (χ3v) is 7.02. The number of nitrogens with zero attached hydrogens (tertiary/aromatic N) is 1. The Labute approximate surface area is 220 Å². The fourth-order valence-corrected chi connectivity index (χ4v) is 5.00. The maximum absolute atomic E-state index is 12.9. The predicted octanol–water partition coefficient (Wildman–Crippen LogP) is 4.80. The van der Waals surface area contributed by atoms with Crippen LogP contribution in [0.2, 0.25) is 10.0 Å². The lowest BCUT2D eigenvalue weighted by Gasteiger charge is -2.15. The number of nitrogen functional groups attached to an aromatic ring is 1. The van der Waals surface area contributed by atoms with Crippen molar-refractivity contribution in [2.75, 3.05) is 22.6 Å². The van der Waals surface area contributed by atoms with Gasteiger partial charge in [0.05, 0.1) is 27.2 Å². The number of benzene rings is 3. The van der Waals surface area contributed by atoms with Crippen molar-refractivity contribution in [3.05, 3.63) is 82.3 Å². The summed E-state index contributed by atoms with van der Waals surface area (Å²) in [7, 11) is 0. The number of nitrogens with one attached hydrogen (secondary N) is 1. The molecular formula is C25H19Cl2N3O5S. The van der Waals surface area contributed by atoms with Crippen molar-refractivity contribution in [3.8, 4) is 0 Å². The van der Waals surface area contributed by atoms with Crippen molar-refractivity contribution in [1.82, 2.24) is 0 Å². The second kappa shape index (κ2) is 11.0. The Morgan fingerprint density at radius 2 is 1.78 bits per heavy atom. The minimum Gasteiger partial charge on any atom is -0.452 e. The van der Waals surface area contributed by atoms with Gasteiger partial charge >= 0.3 is 5.97 Å². The number of ether oxygens (including phenoxy) is 1. The first-order valence-corrected chi connectivity index (χ1v) is 12.3. The Bertz CT molecular complexity index is 1350. The molecule has 1 aliphatic rings. The van der Waals surface area contributed by atoms with Crippen LogP contribution in [-0.4, -0.2) is 35.5 Å². The summed E-state index contributed by atoms with van der Waals surface area (Å²) >= 11 is 13.1. The van der Waals surface area contributed by atoms with Crippen molar-refractivity contribution in [2.45, 2.75) is 16.6 Å². The molecule has 0 spiro atoms. The second-order valence-electron chi connectivity index (χ2n) is 7.71. The van der Waals surface area contributed by atoms with Crippen LogP contribution in [0, 0.1) is 0 Å². The molecule has 4 rings (SSSR count). The van der Waals surface area contributed by atoms with E-state index in [0.717, 1.165) is 9.80 Å². The van der Waals surface area contributed by atoms with Crippen LogP contribution >= 0.6 is 35.0 Å². The van der Waals surface area contributed by atoms with Gasteiger partial charge in [-0.25, -0.2) is 9.69 Å². The van der Waals surface area contributed by atoms with Crippen LogP contribution in [0.4, 0.5) is 17.1 Å². The normalized spacial score (nSPS) is 15.2. The fourth-order valence-electron chi connectivity index (χ4n) is 3.45. The number of carbonyl (C=O) groups is 4. The molecule has 1 heterocycles. The molecule has 0 saturated carbocycles. The SMILES string of the molecule is Nc1ccccc1S[C@@H]1CC(=O)N(c2ccc(C(=O)OCC(=O)Nc3ccc(Cl)cc3Cl)cc2)C1=O. The van der Waals surface area contributed by atoms with Gasteiger partial charge in [-0.2, -0.15) is 0 Å². The number of imide groups is 1. The number of hydrogen-bond donors (Lipinski definition) is 2. The van der Waals surface area contributed by atoms with E-state index in [4.69, 9.17) is 33.7 Å². The Kier molecular flexibility index (Phi) is 7.83. The highest BCUT2D eigenvalue weighted by atomic mass is 35.5. The summed E-state index contributed by atoms with van der Waals surface area (Å²) in [6, 6.07) is 17.5.